The van der Waals surface area contributed by atoms with Crippen molar-refractivity contribution >= 4 is 15.9 Å². The Balaban J connectivity index is 2.92. The second-order valence-corrected chi connectivity index (χ2v) is 2.54. The van der Waals surface area contributed by atoms with Gasteiger partial charge in [0.15, 0.2) is 11.6 Å². The van der Waals surface area contributed by atoms with Crippen molar-refractivity contribution in [3.05, 3.63) is 22.7 Å². The quantitative estimate of drug-likeness (QED) is 0.743. The normalized spacial score (nSPS) is 10.4. The van der Waals surface area contributed by atoms with Crippen molar-refractivity contribution in [3.63, 3.8) is 0 Å². The summed E-state index contributed by atoms with van der Waals surface area (Å²) in [6.07, 6.45) is 1.16. The predicted molar refractivity (Wildman–Crippen MR) is 38.5 cm³/mol. The number of ether oxygens (including phenoxy) is 1. The SMILES string of the molecule is Fc1c(OC(F)F)ccnc1Br. The molecule has 0 spiro atoms. The molecule has 1 aromatic rings. The smallest absolute Gasteiger partial charge is 0.387 e. The molecule has 12 heavy (non-hydrogen) atoms. The Kier molecular flexibility index (Phi) is 2.91. The maximum atomic E-state index is 12.8. The van der Waals surface area contributed by atoms with Crippen LogP contribution in [-0.4, -0.2) is 11.6 Å². The molecule has 0 amide bonds. The summed E-state index contributed by atoms with van der Waals surface area (Å²) in [6, 6.07) is 1.02. The van der Waals surface area contributed by atoms with Crippen molar-refractivity contribution in [3.8, 4) is 5.75 Å². The molecule has 1 rings (SSSR count). The van der Waals surface area contributed by atoms with Crippen LogP contribution in [0.2, 0.25) is 0 Å². The van der Waals surface area contributed by atoms with E-state index in [-0.39, 0.29) is 4.60 Å². The molecular weight excluding hydrogens is 239 g/mol. The van der Waals surface area contributed by atoms with Gasteiger partial charge >= 0.3 is 6.61 Å². The molecule has 0 radical (unpaired) electrons. The average molecular weight is 242 g/mol. The van der Waals surface area contributed by atoms with Crippen molar-refractivity contribution in [1.82, 2.24) is 4.98 Å². The van der Waals surface area contributed by atoms with Crippen molar-refractivity contribution in [1.29, 1.82) is 0 Å². The summed E-state index contributed by atoms with van der Waals surface area (Å²) in [5.41, 5.74) is 0. The van der Waals surface area contributed by atoms with Crippen LogP contribution in [0.15, 0.2) is 16.9 Å². The molecule has 0 N–H and O–H groups in total. The Morgan fingerprint density at radius 3 is 2.75 bits per heavy atom. The van der Waals surface area contributed by atoms with Crippen LogP contribution in [-0.2, 0) is 0 Å². The summed E-state index contributed by atoms with van der Waals surface area (Å²) < 4.78 is 39.7. The first-order valence-corrected chi connectivity index (χ1v) is 3.65. The third-order valence-corrected chi connectivity index (χ3v) is 1.58. The lowest BCUT2D eigenvalue weighted by Gasteiger charge is -2.04. The number of hydrogen-bond donors (Lipinski definition) is 0. The number of rotatable bonds is 2. The standard InChI is InChI=1S/C6H3BrF3NO/c7-5-4(8)3(1-2-11-5)12-6(9)10/h1-2,6H. The zero-order valence-corrected chi connectivity index (χ0v) is 7.19. The van der Waals surface area contributed by atoms with Gasteiger partial charge < -0.3 is 4.74 Å². The summed E-state index contributed by atoms with van der Waals surface area (Å²) in [6.45, 7) is -3.03. The summed E-state index contributed by atoms with van der Waals surface area (Å²) in [7, 11) is 0. The van der Waals surface area contributed by atoms with E-state index in [2.05, 4.69) is 25.7 Å². The minimum Gasteiger partial charge on any atom is -0.432 e. The second kappa shape index (κ2) is 3.75. The van der Waals surface area contributed by atoms with Crippen LogP contribution in [0.1, 0.15) is 0 Å². The van der Waals surface area contributed by atoms with E-state index < -0.39 is 18.2 Å². The number of nitrogens with zero attached hydrogens (tertiary/aromatic N) is 1. The van der Waals surface area contributed by atoms with E-state index in [1.165, 1.54) is 0 Å². The Labute approximate surface area is 74.5 Å². The first-order valence-electron chi connectivity index (χ1n) is 2.86. The third-order valence-electron chi connectivity index (χ3n) is 1.03. The van der Waals surface area contributed by atoms with E-state index >= 15 is 0 Å². The van der Waals surface area contributed by atoms with Gasteiger partial charge in [0.25, 0.3) is 0 Å². The van der Waals surface area contributed by atoms with Crippen LogP contribution < -0.4 is 4.74 Å². The number of halogens is 4. The van der Waals surface area contributed by atoms with Crippen LogP contribution in [0, 0.1) is 5.82 Å². The van der Waals surface area contributed by atoms with Gasteiger partial charge in [0.2, 0.25) is 0 Å². The summed E-state index contributed by atoms with van der Waals surface area (Å²) >= 11 is 2.72. The van der Waals surface area contributed by atoms with Gasteiger partial charge in [-0.25, -0.2) is 4.98 Å². The molecular formula is C6H3BrF3NO. The Morgan fingerprint density at radius 1 is 1.50 bits per heavy atom. The molecule has 0 saturated carbocycles. The summed E-state index contributed by atoms with van der Waals surface area (Å²) in [5.74, 6) is -1.45. The topological polar surface area (TPSA) is 22.1 Å². The minimum absolute atomic E-state index is 0.152. The molecule has 0 aliphatic rings. The Morgan fingerprint density at radius 2 is 2.17 bits per heavy atom. The predicted octanol–water partition coefficient (Wildman–Crippen LogP) is 2.58. The molecule has 2 nitrogen and oxygen atoms in total. The number of pyridine rings is 1. The number of aromatic nitrogens is 1. The summed E-state index contributed by atoms with van der Waals surface area (Å²) in [5, 5.41) is 0. The molecule has 1 aromatic heterocycles. The van der Waals surface area contributed by atoms with E-state index in [9.17, 15) is 13.2 Å². The van der Waals surface area contributed by atoms with Gasteiger partial charge in [-0.15, -0.1) is 0 Å². The molecule has 0 aromatic carbocycles. The zero-order valence-electron chi connectivity index (χ0n) is 5.60. The van der Waals surface area contributed by atoms with Crippen LogP contribution in [0.25, 0.3) is 0 Å². The maximum absolute atomic E-state index is 12.8. The van der Waals surface area contributed by atoms with E-state index in [0.29, 0.717) is 0 Å². The van der Waals surface area contributed by atoms with Gasteiger partial charge in [0, 0.05) is 12.3 Å². The van der Waals surface area contributed by atoms with Crippen LogP contribution >= 0.6 is 15.9 Å². The molecule has 0 saturated heterocycles. The molecule has 6 heteroatoms. The zero-order chi connectivity index (χ0) is 9.14. The maximum Gasteiger partial charge on any atom is 0.387 e. The fourth-order valence-corrected chi connectivity index (χ4v) is 0.903. The van der Waals surface area contributed by atoms with Gasteiger partial charge in [0.05, 0.1) is 0 Å². The summed E-state index contributed by atoms with van der Waals surface area (Å²) in [4.78, 5) is 3.46. The van der Waals surface area contributed by atoms with Crippen LogP contribution in [0.4, 0.5) is 13.2 Å². The fraction of sp³-hybridized carbons (Fsp3) is 0.167. The molecule has 0 atom stereocenters. The highest BCUT2D eigenvalue weighted by Gasteiger charge is 2.12. The molecule has 0 unspecified atom stereocenters. The molecule has 0 fully saturated rings. The lowest BCUT2D eigenvalue weighted by atomic mass is 10.4. The van der Waals surface area contributed by atoms with Gasteiger partial charge in [-0.2, -0.15) is 13.2 Å². The Bertz CT molecular complexity index is 281. The molecule has 0 bridgehead atoms. The van der Waals surface area contributed by atoms with Crippen molar-refractivity contribution < 1.29 is 17.9 Å². The van der Waals surface area contributed by atoms with E-state index in [1.54, 1.807) is 0 Å². The second-order valence-electron chi connectivity index (χ2n) is 1.79. The Hall–Kier alpha value is -0.780. The largest absolute Gasteiger partial charge is 0.432 e. The molecule has 0 aliphatic heterocycles. The highest BCUT2D eigenvalue weighted by atomic mass is 79.9. The van der Waals surface area contributed by atoms with Crippen LogP contribution in [0.5, 0.6) is 5.75 Å². The fourth-order valence-electron chi connectivity index (χ4n) is 0.589. The minimum atomic E-state index is -3.03. The third kappa shape index (κ3) is 2.10. The average Bonchev–Trinajstić information content (AvgIpc) is 1.98. The van der Waals surface area contributed by atoms with Crippen LogP contribution in [0.3, 0.4) is 0 Å². The van der Waals surface area contributed by atoms with Crippen molar-refractivity contribution in [2.45, 2.75) is 6.61 Å². The van der Waals surface area contributed by atoms with Gasteiger partial charge in [-0.1, -0.05) is 0 Å². The lowest BCUT2D eigenvalue weighted by Crippen LogP contribution is -2.04. The monoisotopic (exact) mass is 241 g/mol. The lowest BCUT2D eigenvalue weighted by molar-refractivity contribution is -0.0523. The highest BCUT2D eigenvalue weighted by Crippen LogP contribution is 2.23. The van der Waals surface area contributed by atoms with E-state index in [1.807, 2.05) is 0 Å². The highest BCUT2D eigenvalue weighted by molar-refractivity contribution is 9.10. The molecule has 0 aliphatic carbocycles. The first-order chi connectivity index (χ1) is 5.61. The molecule has 1 heterocycles. The number of alkyl halides is 2. The van der Waals surface area contributed by atoms with Crippen molar-refractivity contribution in [2.24, 2.45) is 0 Å². The van der Waals surface area contributed by atoms with E-state index in [0.717, 1.165) is 12.3 Å². The van der Waals surface area contributed by atoms with E-state index in [4.69, 9.17) is 0 Å². The van der Waals surface area contributed by atoms with Crippen molar-refractivity contribution in [2.75, 3.05) is 0 Å². The first kappa shape index (κ1) is 9.31. The number of hydrogen-bond acceptors (Lipinski definition) is 2. The van der Waals surface area contributed by atoms with Gasteiger partial charge in [0.1, 0.15) is 4.60 Å². The van der Waals surface area contributed by atoms with Gasteiger partial charge in [-0.3, -0.25) is 0 Å². The van der Waals surface area contributed by atoms with Gasteiger partial charge in [-0.05, 0) is 15.9 Å². The molecule has 66 valence electrons.